The first kappa shape index (κ1) is 11.1. The Morgan fingerprint density at radius 2 is 2.07 bits per heavy atom. The van der Waals surface area contributed by atoms with Crippen LogP contribution < -0.4 is 0 Å². The lowest BCUT2D eigenvalue weighted by molar-refractivity contribution is 0.0684. The highest BCUT2D eigenvalue weighted by Gasteiger charge is 2.23. The van der Waals surface area contributed by atoms with E-state index in [1.54, 1.807) is 0 Å². The predicted molar refractivity (Wildman–Crippen MR) is 46.2 cm³/mol. The Hall–Kier alpha value is -0.940. The van der Waals surface area contributed by atoms with Crippen molar-refractivity contribution in [2.24, 2.45) is 0 Å². The van der Waals surface area contributed by atoms with Crippen molar-refractivity contribution in [1.82, 2.24) is 4.98 Å². The second kappa shape index (κ2) is 4.06. The number of alkyl halides is 2. The van der Waals surface area contributed by atoms with E-state index in [1.807, 2.05) is 0 Å². The summed E-state index contributed by atoms with van der Waals surface area (Å²) in [4.78, 5) is 13.9. The lowest BCUT2D eigenvalue weighted by Crippen LogP contribution is -2.05. The highest BCUT2D eigenvalue weighted by molar-refractivity contribution is 6.42. The Morgan fingerprint density at radius 3 is 2.50 bits per heavy atom. The molecule has 0 bridgehead atoms. The van der Waals surface area contributed by atoms with Crippen molar-refractivity contribution < 1.29 is 18.7 Å². The van der Waals surface area contributed by atoms with Crippen molar-refractivity contribution >= 4 is 29.2 Å². The van der Waals surface area contributed by atoms with E-state index >= 15 is 0 Å². The molecule has 1 N–H and O–H groups in total. The van der Waals surface area contributed by atoms with Crippen molar-refractivity contribution in [2.75, 3.05) is 0 Å². The van der Waals surface area contributed by atoms with Crippen molar-refractivity contribution in [3.8, 4) is 0 Å². The number of hydrogen-bond donors (Lipinski definition) is 1. The van der Waals surface area contributed by atoms with Crippen LogP contribution >= 0.6 is 23.2 Å². The zero-order valence-corrected chi connectivity index (χ0v) is 7.98. The molecule has 1 aromatic heterocycles. The molecule has 0 spiro atoms. The van der Waals surface area contributed by atoms with Gasteiger partial charge in [-0.3, -0.25) is 0 Å². The molecular weight excluding hydrogens is 239 g/mol. The fourth-order valence-electron chi connectivity index (χ4n) is 0.861. The van der Waals surface area contributed by atoms with Crippen LogP contribution in [0.25, 0.3) is 0 Å². The Bertz CT molecular complexity index is 384. The van der Waals surface area contributed by atoms with Gasteiger partial charge in [-0.2, -0.15) is 0 Å². The van der Waals surface area contributed by atoms with E-state index in [2.05, 4.69) is 4.98 Å². The summed E-state index contributed by atoms with van der Waals surface area (Å²) in [5, 5.41) is 7.69. The lowest BCUT2D eigenvalue weighted by Gasteiger charge is -2.07. The number of hydrogen-bond acceptors (Lipinski definition) is 2. The maximum atomic E-state index is 12.4. The van der Waals surface area contributed by atoms with Gasteiger partial charge in [-0.05, 0) is 0 Å². The zero-order valence-electron chi connectivity index (χ0n) is 6.47. The molecule has 0 aliphatic carbocycles. The van der Waals surface area contributed by atoms with Crippen LogP contribution in [-0.4, -0.2) is 16.1 Å². The summed E-state index contributed by atoms with van der Waals surface area (Å²) in [5.74, 6) is -1.52. The van der Waals surface area contributed by atoms with Gasteiger partial charge in [-0.25, -0.2) is 18.6 Å². The van der Waals surface area contributed by atoms with Crippen LogP contribution in [0, 0.1) is 0 Å². The average Bonchev–Trinajstić information content (AvgIpc) is 2.08. The minimum Gasteiger partial charge on any atom is -0.478 e. The van der Waals surface area contributed by atoms with Gasteiger partial charge in [0, 0.05) is 6.20 Å². The quantitative estimate of drug-likeness (QED) is 0.810. The van der Waals surface area contributed by atoms with Crippen LogP contribution in [0.2, 0.25) is 10.2 Å². The smallest absolute Gasteiger partial charge is 0.337 e. The molecule has 1 aromatic rings. The first-order valence-corrected chi connectivity index (χ1v) is 4.06. The minimum atomic E-state index is -3.01. The molecule has 0 saturated carbocycles. The predicted octanol–water partition coefficient (Wildman–Crippen LogP) is 3.02. The number of carboxylic acid groups (broad SMARTS) is 1. The Morgan fingerprint density at radius 1 is 1.50 bits per heavy atom. The van der Waals surface area contributed by atoms with Gasteiger partial charge in [0.05, 0.1) is 16.1 Å². The zero-order chi connectivity index (χ0) is 10.9. The molecule has 14 heavy (non-hydrogen) atoms. The summed E-state index contributed by atoms with van der Waals surface area (Å²) >= 11 is 10.8. The third kappa shape index (κ3) is 1.93. The number of aromatic nitrogens is 1. The van der Waals surface area contributed by atoms with Crippen molar-refractivity contribution in [3.63, 3.8) is 0 Å². The van der Waals surface area contributed by atoms with E-state index < -0.39 is 28.5 Å². The van der Waals surface area contributed by atoms with Crippen LogP contribution in [0.15, 0.2) is 6.20 Å². The third-order valence-corrected chi connectivity index (χ3v) is 2.23. The molecule has 0 radical (unpaired) electrons. The normalized spacial score (nSPS) is 10.6. The number of carboxylic acids is 1. The summed E-state index contributed by atoms with van der Waals surface area (Å²) in [5.41, 5.74) is -1.45. The van der Waals surface area contributed by atoms with Crippen LogP contribution in [0.3, 0.4) is 0 Å². The van der Waals surface area contributed by atoms with Gasteiger partial charge >= 0.3 is 5.97 Å². The summed E-state index contributed by atoms with van der Waals surface area (Å²) in [6.45, 7) is 0. The highest BCUT2D eigenvalue weighted by Crippen LogP contribution is 2.33. The third-order valence-electron chi connectivity index (χ3n) is 1.46. The maximum absolute atomic E-state index is 12.4. The molecule has 0 saturated heterocycles. The molecule has 0 aliphatic rings. The van der Waals surface area contributed by atoms with Gasteiger partial charge in [0.15, 0.2) is 0 Å². The number of nitrogens with zero attached hydrogens (tertiary/aromatic N) is 1. The fourth-order valence-corrected chi connectivity index (χ4v) is 1.24. The fraction of sp³-hybridized carbons (Fsp3) is 0.143. The SMILES string of the molecule is O=C(O)c1cnc(Cl)c(Cl)c1C(F)F. The summed E-state index contributed by atoms with van der Waals surface area (Å²) in [6.07, 6.45) is -2.26. The van der Waals surface area contributed by atoms with E-state index in [0.717, 1.165) is 6.20 Å². The van der Waals surface area contributed by atoms with Gasteiger partial charge < -0.3 is 5.11 Å². The number of rotatable bonds is 2. The Balaban J connectivity index is 3.45. The number of carbonyl (C=O) groups is 1. The second-order valence-electron chi connectivity index (χ2n) is 2.30. The van der Waals surface area contributed by atoms with E-state index in [4.69, 9.17) is 28.3 Å². The van der Waals surface area contributed by atoms with Crippen molar-refractivity contribution in [3.05, 3.63) is 27.5 Å². The maximum Gasteiger partial charge on any atom is 0.337 e. The van der Waals surface area contributed by atoms with Crippen LogP contribution in [0.5, 0.6) is 0 Å². The molecule has 0 amide bonds. The van der Waals surface area contributed by atoms with Crippen molar-refractivity contribution in [2.45, 2.75) is 6.43 Å². The average molecular weight is 242 g/mol. The number of aromatic carboxylic acids is 1. The Kier molecular flexibility index (Phi) is 3.23. The number of halogens is 4. The van der Waals surface area contributed by atoms with E-state index in [9.17, 15) is 13.6 Å². The molecule has 7 heteroatoms. The monoisotopic (exact) mass is 241 g/mol. The first-order chi connectivity index (χ1) is 6.45. The molecule has 0 aliphatic heterocycles. The van der Waals surface area contributed by atoms with Crippen LogP contribution in [-0.2, 0) is 0 Å². The standard InChI is InChI=1S/C7H3Cl2F2NO2/c8-4-3(6(10)11)2(7(13)14)1-12-5(4)9/h1,6H,(H,13,14). The van der Waals surface area contributed by atoms with Crippen LogP contribution in [0.1, 0.15) is 22.3 Å². The Labute approximate surface area is 87.3 Å². The van der Waals surface area contributed by atoms with Gasteiger partial charge in [0.1, 0.15) is 5.15 Å². The van der Waals surface area contributed by atoms with Gasteiger partial charge in [-0.15, -0.1) is 0 Å². The molecule has 0 unspecified atom stereocenters. The van der Waals surface area contributed by atoms with E-state index in [1.165, 1.54) is 0 Å². The molecule has 0 aromatic carbocycles. The van der Waals surface area contributed by atoms with Crippen molar-refractivity contribution in [1.29, 1.82) is 0 Å². The summed E-state index contributed by atoms with van der Waals surface area (Å²) in [7, 11) is 0. The largest absolute Gasteiger partial charge is 0.478 e. The van der Waals surface area contributed by atoms with Gasteiger partial charge in [0.25, 0.3) is 6.43 Å². The molecule has 76 valence electrons. The molecule has 1 rings (SSSR count). The van der Waals surface area contributed by atoms with Gasteiger partial charge in [-0.1, -0.05) is 23.2 Å². The molecule has 0 atom stereocenters. The molecule has 0 fully saturated rings. The second-order valence-corrected chi connectivity index (χ2v) is 3.03. The molecule has 1 heterocycles. The van der Waals surface area contributed by atoms with Crippen LogP contribution in [0.4, 0.5) is 8.78 Å². The lowest BCUT2D eigenvalue weighted by atomic mass is 10.1. The summed E-state index contributed by atoms with van der Waals surface area (Å²) in [6, 6.07) is 0. The van der Waals surface area contributed by atoms with E-state index in [-0.39, 0.29) is 5.15 Å². The highest BCUT2D eigenvalue weighted by atomic mass is 35.5. The molecular formula is C7H3Cl2F2NO2. The topological polar surface area (TPSA) is 50.2 Å². The van der Waals surface area contributed by atoms with E-state index in [0.29, 0.717) is 0 Å². The minimum absolute atomic E-state index is 0.341. The summed E-state index contributed by atoms with van der Waals surface area (Å²) < 4.78 is 24.8. The number of pyridine rings is 1. The van der Waals surface area contributed by atoms with Gasteiger partial charge in [0.2, 0.25) is 0 Å². The first-order valence-electron chi connectivity index (χ1n) is 3.30. The molecule has 3 nitrogen and oxygen atoms in total.